The van der Waals surface area contributed by atoms with Crippen LogP contribution in [0.1, 0.15) is 26.7 Å². The minimum absolute atomic E-state index is 0.0211. The van der Waals surface area contributed by atoms with Crippen molar-refractivity contribution >= 4 is 17.5 Å². The molecule has 1 fully saturated rings. The van der Waals surface area contributed by atoms with Gasteiger partial charge in [0, 0.05) is 19.2 Å². The molecule has 1 aromatic heterocycles. The van der Waals surface area contributed by atoms with Crippen LogP contribution in [0, 0.1) is 21.4 Å². The molecule has 0 saturated carbocycles. The number of aromatic nitrogens is 1. The van der Waals surface area contributed by atoms with Crippen LogP contribution in [0.2, 0.25) is 0 Å². The fourth-order valence-electron chi connectivity index (χ4n) is 2.88. The van der Waals surface area contributed by atoms with Crippen molar-refractivity contribution in [3.63, 3.8) is 0 Å². The van der Waals surface area contributed by atoms with Crippen LogP contribution in [0.3, 0.4) is 0 Å². The molecular formula is C15H21N3O4. The van der Waals surface area contributed by atoms with E-state index in [4.69, 9.17) is 4.74 Å². The topological polar surface area (TPSA) is 85.6 Å². The summed E-state index contributed by atoms with van der Waals surface area (Å²) in [7, 11) is 1.41. The standard InChI is InChI=1S/C15H21N3O4/c1-15(2,14(19)22-3)11-5-4-8-17(10-11)13-7-6-12(9-16-13)18(20)21/h6-7,9,11H,4-5,8,10H2,1-3H3. The highest BCUT2D eigenvalue weighted by atomic mass is 16.6. The molecule has 0 amide bonds. The van der Waals surface area contributed by atoms with E-state index in [0.29, 0.717) is 12.4 Å². The smallest absolute Gasteiger partial charge is 0.311 e. The average molecular weight is 307 g/mol. The zero-order chi connectivity index (χ0) is 16.3. The highest BCUT2D eigenvalue weighted by Crippen LogP contribution is 2.36. The van der Waals surface area contributed by atoms with Crippen LogP contribution in [-0.4, -0.2) is 36.1 Å². The number of hydrogen-bond donors (Lipinski definition) is 0. The van der Waals surface area contributed by atoms with Crippen LogP contribution in [0.15, 0.2) is 18.3 Å². The molecule has 0 bridgehead atoms. The molecule has 2 rings (SSSR count). The number of methoxy groups -OCH3 is 1. The molecule has 1 saturated heterocycles. The molecule has 1 aliphatic heterocycles. The predicted molar refractivity (Wildman–Crippen MR) is 81.6 cm³/mol. The van der Waals surface area contributed by atoms with Crippen molar-refractivity contribution < 1.29 is 14.5 Å². The zero-order valence-electron chi connectivity index (χ0n) is 13.1. The Kier molecular flexibility index (Phi) is 4.63. The number of carbonyl (C=O) groups is 1. The van der Waals surface area contributed by atoms with Gasteiger partial charge in [-0.05, 0) is 38.7 Å². The van der Waals surface area contributed by atoms with Gasteiger partial charge < -0.3 is 9.64 Å². The van der Waals surface area contributed by atoms with Crippen LogP contribution in [0.25, 0.3) is 0 Å². The van der Waals surface area contributed by atoms with Crippen molar-refractivity contribution in [1.82, 2.24) is 4.98 Å². The molecule has 0 aliphatic carbocycles. The summed E-state index contributed by atoms with van der Waals surface area (Å²) in [4.78, 5) is 28.4. The number of carbonyl (C=O) groups excluding carboxylic acids is 1. The van der Waals surface area contributed by atoms with Gasteiger partial charge in [-0.15, -0.1) is 0 Å². The van der Waals surface area contributed by atoms with Crippen molar-refractivity contribution in [3.05, 3.63) is 28.4 Å². The van der Waals surface area contributed by atoms with E-state index in [1.165, 1.54) is 19.4 Å². The summed E-state index contributed by atoms with van der Waals surface area (Å²) in [5, 5.41) is 10.7. The van der Waals surface area contributed by atoms with E-state index in [1.54, 1.807) is 6.07 Å². The van der Waals surface area contributed by atoms with Crippen molar-refractivity contribution in [2.24, 2.45) is 11.3 Å². The van der Waals surface area contributed by atoms with E-state index in [-0.39, 0.29) is 17.6 Å². The maximum absolute atomic E-state index is 12.0. The van der Waals surface area contributed by atoms with Gasteiger partial charge >= 0.3 is 5.97 Å². The second kappa shape index (κ2) is 6.29. The molecule has 1 aliphatic rings. The van der Waals surface area contributed by atoms with Gasteiger partial charge in [0.05, 0.1) is 17.4 Å². The number of pyridine rings is 1. The summed E-state index contributed by atoms with van der Waals surface area (Å²) in [5.74, 6) is 0.651. The molecule has 0 spiro atoms. The molecule has 0 radical (unpaired) electrons. The van der Waals surface area contributed by atoms with Gasteiger partial charge in [0.2, 0.25) is 0 Å². The normalized spacial score (nSPS) is 18.9. The van der Waals surface area contributed by atoms with Gasteiger partial charge in [-0.1, -0.05) is 0 Å². The van der Waals surface area contributed by atoms with E-state index in [1.807, 2.05) is 13.8 Å². The number of hydrogen-bond acceptors (Lipinski definition) is 6. The first-order chi connectivity index (χ1) is 10.4. The number of nitro groups is 1. The Morgan fingerprint density at radius 3 is 2.77 bits per heavy atom. The van der Waals surface area contributed by atoms with Gasteiger partial charge in [-0.2, -0.15) is 0 Å². The summed E-state index contributed by atoms with van der Waals surface area (Å²) in [6.07, 6.45) is 3.17. The molecular weight excluding hydrogens is 286 g/mol. The maximum Gasteiger partial charge on any atom is 0.311 e. The van der Waals surface area contributed by atoms with E-state index in [0.717, 1.165) is 19.4 Å². The van der Waals surface area contributed by atoms with Gasteiger partial charge in [0.1, 0.15) is 12.0 Å². The number of anilines is 1. The quantitative estimate of drug-likeness (QED) is 0.482. The van der Waals surface area contributed by atoms with E-state index in [9.17, 15) is 14.9 Å². The lowest BCUT2D eigenvalue weighted by molar-refractivity contribution is -0.385. The first-order valence-corrected chi connectivity index (χ1v) is 7.30. The first kappa shape index (κ1) is 16.2. The average Bonchev–Trinajstić information content (AvgIpc) is 2.54. The highest BCUT2D eigenvalue weighted by molar-refractivity contribution is 5.76. The molecule has 1 atom stereocenters. The van der Waals surface area contributed by atoms with E-state index >= 15 is 0 Å². The Bertz CT molecular complexity index is 556. The second-order valence-electron chi connectivity index (χ2n) is 6.13. The van der Waals surface area contributed by atoms with Gasteiger partial charge in [0.15, 0.2) is 0 Å². The number of ether oxygens (including phenoxy) is 1. The molecule has 0 aromatic carbocycles. The SMILES string of the molecule is COC(=O)C(C)(C)C1CCCN(c2ccc([N+](=O)[O-])cn2)C1. The maximum atomic E-state index is 12.0. The number of rotatable bonds is 4. The van der Waals surface area contributed by atoms with Gasteiger partial charge in [-0.3, -0.25) is 14.9 Å². The van der Waals surface area contributed by atoms with Crippen molar-refractivity contribution in [2.75, 3.05) is 25.1 Å². The third-order valence-electron chi connectivity index (χ3n) is 4.42. The molecule has 1 aromatic rings. The first-order valence-electron chi connectivity index (χ1n) is 7.30. The third-order valence-corrected chi connectivity index (χ3v) is 4.42. The van der Waals surface area contributed by atoms with Crippen LogP contribution in [0.4, 0.5) is 11.5 Å². The van der Waals surface area contributed by atoms with E-state index in [2.05, 4.69) is 9.88 Å². The number of piperidine rings is 1. The lowest BCUT2D eigenvalue weighted by Crippen LogP contribution is -2.45. The molecule has 7 heteroatoms. The Hall–Kier alpha value is -2.18. The monoisotopic (exact) mass is 307 g/mol. The number of esters is 1. The number of nitrogens with zero attached hydrogens (tertiary/aromatic N) is 3. The Balaban J connectivity index is 2.13. The van der Waals surface area contributed by atoms with Crippen LogP contribution >= 0.6 is 0 Å². The molecule has 0 N–H and O–H groups in total. The Morgan fingerprint density at radius 1 is 1.50 bits per heavy atom. The summed E-state index contributed by atoms with van der Waals surface area (Å²) >= 11 is 0. The summed E-state index contributed by atoms with van der Waals surface area (Å²) in [6, 6.07) is 3.11. The lowest BCUT2D eigenvalue weighted by atomic mass is 9.74. The third kappa shape index (κ3) is 3.18. The summed E-state index contributed by atoms with van der Waals surface area (Å²) in [5.41, 5.74) is -0.582. The molecule has 22 heavy (non-hydrogen) atoms. The summed E-state index contributed by atoms with van der Waals surface area (Å²) < 4.78 is 4.90. The highest BCUT2D eigenvalue weighted by Gasteiger charge is 2.40. The van der Waals surface area contributed by atoms with Gasteiger partial charge in [-0.25, -0.2) is 4.98 Å². The minimum atomic E-state index is -0.561. The van der Waals surface area contributed by atoms with Crippen LogP contribution in [0.5, 0.6) is 0 Å². The Labute approximate surface area is 129 Å². The zero-order valence-corrected chi connectivity index (χ0v) is 13.1. The van der Waals surface area contributed by atoms with Crippen LogP contribution < -0.4 is 4.90 Å². The fourth-order valence-corrected chi connectivity index (χ4v) is 2.88. The molecule has 1 unspecified atom stereocenters. The van der Waals surface area contributed by atoms with Crippen LogP contribution in [-0.2, 0) is 9.53 Å². The predicted octanol–water partition coefficient (Wildman–Crippen LogP) is 2.41. The lowest BCUT2D eigenvalue weighted by Gasteiger charge is -2.40. The van der Waals surface area contributed by atoms with Gasteiger partial charge in [0.25, 0.3) is 5.69 Å². The Morgan fingerprint density at radius 2 is 2.23 bits per heavy atom. The van der Waals surface area contributed by atoms with E-state index < -0.39 is 10.3 Å². The molecule has 2 heterocycles. The van der Waals surface area contributed by atoms with Crippen molar-refractivity contribution in [2.45, 2.75) is 26.7 Å². The summed E-state index contributed by atoms with van der Waals surface area (Å²) in [6.45, 7) is 5.32. The largest absolute Gasteiger partial charge is 0.469 e. The van der Waals surface area contributed by atoms with Crippen molar-refractivity contribution in [1.29, 1.82) is 0 Å². The molecule has 120 valence electrons. The molecule has 7 nitrogen and oxygen atoms in total. The second-order valence-corrected chi connectivity index (χ2v) is 6.13. The minimum Gasteiger partial charge on any atom is -0.469 e. The fraction of sp³-hybridized carbons (Fsp3) is 0.600. The van der Waals surface area contributed by atoms with Crippen molar-refractivity contribution in [3.8, 4) is 0 Å².